The highest BCUT2D eigenvalue weighted by Gasteiger charge is 2.28. The summed E-state index contributed by atoms with van der Waals surface area (Å²) in [6.45, 7) is 3.95. The molecule has 1 N–H and O–H groups in total. The fourth-order valence-corrected chi connectivity index (χ4v) is 3.28. The van der Waals surface area contributed by atoms with E-state index in [0.717, 1.165) is 23.0 Å². The molecule has 2 aromatic carbocycles. The molecular formula is C21H19F2NO3. The number of Topliss-reactive ketones (excluding diaryl/α,β-unsaturated/α-hetero) is 1. The molecule has 0 spiro atoms. The molecule has 0 radical (unpaired) electrons. The number of nitrogens with zero attached hydrogens (tertiary/aromatic N) is 1. The number of carbonyl (C=O) groups is 2. The molecule has 1 aromatic heterocycles. The van der Waals surface area contributed by atoms with Crippen molar-refractivity contribution in [2.75, 3.05) is 0 Å². The Hall–Kier alpha value is -3.02. The number of carboxylic acids is 1. The van der Waals surface area contributed by atoms with Crippen LogP contribution >= 0.6 is 0 Å². The van der Waals surface area contributed by atoms with E-state index in [1.807, 2.05) is 36.6 Å². The summed E-state index contributed by atoms with van der Waals surface area (Å²) in [4.78, 5) is 24.4. The topological polar surface area (TPSA) is 59.3 Å². The van der Waals surface area contributed by atoms with Gasteiger partial charge < -0.3 is 9.67 Å². The third-order valence-electron chi connectivity index (χ3n) is 4.62. The smallest absolute Gasteiger partial charge is 0.311 e. The second-order valence-electron chi connectivity index (χ2n) is 6.74. The number of benzene rings is 2. The molecule has 3 aromatic rings. The third kappa shape index (κ3) is 3.60. The van der Waals surface area contributed by atoms with Crippen LogP contribution in [-0.4, -0.2) is 21.4 Å². The van der Waals surface area contributed by atoms with Gasteiger partial charge in [0.2, 0.25) is 0 Å². The zero-order valence-corrected chi connectivity index (χ0v) is 14.9. The fraction of sp³-hybridized carbons (Fsp3) is 0.238. The number of hydrogen-bond acceptors (Lipinski definition) is 2. The SMILES string of the molecule is CC(C)n1cc(C(CC(=O)c2ccc(F)cc2F)C(=O)O)c2ccccc21. The largest absolute Gasteiger partial charge is 0.481 e. The Balaban J connectivity index is 2.03. The van der Waals surface area contributed by atoms with Gasteiger partial charge in [0.05, 0.1) is 11.5 Å². The van der Waals surface area contributed by atoms with Crippen LogP contribution in [0.1, 0.15) is 48.1 Å². The van der Waals surface area contributed by atoms with Crippen molar-refractivity contribution < 1.29 is 23.5 Å². The summed E-state index contributed by atoms with van der Waals surface area (Å²) in [6, 6.07) is 10.1. The first-order valence-corrected chi connectivity index (χ1v) is 8.60. The summed E-state index contributed by atoms with van der Waals surface area (Å²) >= 11 is 0. The highest BCUT2D eigenvalue weighted by Crippen LogP contribution is 2.33. The van der Waals surface area contributed by atoms with Gasteiger partial charge in [0.1, 0.15) is 11.6 Å². The number of ketones is 1. The number of halogens is 2. The van der Waals surface area contributed by atoms with Gasteiger partial charge in [0.15, 0.2) is 5.78 Å². The van der Waals surface area contributed by atoms with Crippen molar-refractivity contribution in [1.82, 2.24) is 4.57 Å². The molecule has 1 heterocycles. The maximum atomic E-state index is 13.9. The van der Waals surface area contributed by atoms with Crippen molar-refractivity contribution in [3.63, 3.8) is 0 Å². The van der Waals surface area contributed by atoms with Crippen molar-refractivity contribution in [3.8, 4) is 0 Å². The molecular weight excluding hydrogens is 352 g/mol. The zero-order chi connectivity index (χ0) is 19.7. The Bertz CT molecular complexity index is 1020. The fourth-order valence-electron chi connectivity index (χ4n) is 3.28. The average Bonchev–Trinajstić information content (AvgIpc) is 2.99. The lowest BCUT2D eigenvalue weighted by molar-refractivity contribution is -0.138. The van der Waals surface area contributed by atoms with Crippen molar-refractivity contribution >= 4 is 22.7 Å². The van der Waals surface area contributed by atoms with Gasteiger partial charge in [0, 0.05) is 35.6 Å². The Morgan fingerprint density at radius 2 is 1.81 bits per heavy atom. The average molecular weight is 371 g/mol. The minimum absolute atomic E-state index is 0.100. The van der Waals surface area contributed by atoms with Crippen LogP contribution in [0.4, 0.5) is 8.78 Å². The van der Waals surface area contributed by atoms with Crippen molar-refractivity contribution in [2.24, 2.45) is 0 Å². The predicted molar refractivity (Wildman–Crippen MR) is 98.0 cm³/mol. The number of aromatic nitrogens is 1. The van der Waals surface area contributed by atoms with Crippen LogP contribution in [-0.2, 0) is 4.79 Å². The molecule has 6 heteroatoms. The van der Waals surface area contributed by atoms with E-state index in [4.69, 9.17) is 0 Å². The van der Waals surface area contributed by atoms with E-state index in [0.29, 0.717) is 11.6 Å². The van der Waals surface area contributed by atoms with Crippen LogP contribution in [0.25, 0.3) is 10.9 Å². The molecule has 0 saturated carbocycles. The number of carbonyl (C=O) groups excluding carboxylic acids is 1. The van der Waals surface area contributed by atoms with Crippen LogP contribution < -0.4 is 0 Å². The Morgan fingerprint density at radius 3 is 2.44 bits per heavy atom. The molecule has 27 heavy (non-hydrogen) atoms. The first-order valence-electron chi connectivity index (χ1n) is 8.60. The molecule has 0 aliphatic heterocycles. The lowest BCUT2D eigenvalue weighted by Gasteiger charge is -2.12. The highest BCUT2D eigenvalue weighted by molar-refractivity contribution is 6.00. The van der Waals surface area contributed by atoms with Crippen LogP contribution in [0.2, 0.25) is 0 Å². The van der Waals surface area contributed by atoms with Crippen molar-refractivity contribution in [2.45, 2.75) is 32.2 Å². The lowest BCUT2D eigenvalue weighted by Crippen LogP contribution is -2.17. The summed E-state index contributed by atoms with van der Waals surface area (Å²) in [5.74, 6) is -4.77. The standard InChI is InChI=1S/C21H19F2NO3/c1-12(2)24-11-17(14-5-3-4-6-19(14)24)16(21(26)27)10-20(25)15-8-7-13(22)9-18(15)23/h3-9,11-12,16H,10H2,1-2H3,(H,26,27). The van der Waals surface area contributed by atoms with E-state index in [1.165, 1.54) is 0 Å². The molecule has 0 aliphatic carbocycles. The second-order valence-corrected chi connectivity index (χ2v) is 6.74. The zero-order valence-electron chi connectivity index (χ0n) is 14.9. The van der Waals surface area contributed by atoms with Crippen LogP contribution in [0, 0.1) is 11.6 Å². The van der Waals surface area contributed by atoms with Gasteiger partial charge in [-0.2, -0.15) is 0 Å². The second kappa shape index (κ2) is 7.31. The minimum atomic E-state index is -1.17. The van der Waals surface area contributed by atoms with E-state index in [2.05, 4.69) is 0 Å². The Morgan fingerprint density at radius 1 is 1.11 bits per heavy atom. The molecule has 140 valence electrons. The van der Waals surface area contributed by atoms with Crippen LogP contribution in [0.5, 0.6) is 0 Å². The molecule has 0 aliphatic rings. The van der Waals surface area contributed by atoms with E-state index < -0.39 is 35.7 Å². The van der Waals surface area contributed by atoms with E-state index in [-0.39, 0.29) is 11.6 Å². The summed E-state index contributed by atoms with van der Waals surface area (Å²) in [7, 11) is 0. The molecule has 0 bridgehead atoms. The van der Waals surface area contributed by atoms with Gasteiger partial charge in [-0.15, -0.1) is 0 Å². The predicted octanol–water partition coefficient (Wildman–Crippen LogP) is 4.94. The van der Waals surface area contributed by atoms with Gasteiger partial charge in [-0.05, 0) is 37.6 Å². The summed E-state index contributed by atoms with van der Waals surface area (Å²) < 4.78 is 28.9. The number of aliphatic carboxylic acids is 1. The summed E-state index contributed by atoms with van der Waals surface area (Å²) in [6.07, 6.45) is 1.33. The number of fused-ring (bicyclic) bond motifs is 1. The highest BCUT2D eigenvalue weighted by atomic mass is 19.1. The normalized spacial score (nSPS) is 12.5. The molecule has 4 nitrogen and oxygen atoms in total. The van der Waals surface area contributed by atoms with Crippen LogP contribution in [0.3, 0.4) is 0 Å². The summed E-state index contributed by atoms with van der Waals surface area (Å²) in [5, 5.41) is 10.5. The van der Waals surface area contributed by atoms with Gasteiger partial charge in [-0.3, -0.25) is 9.59 Å². The van der Waals surface area contributed by atoms with Crippen LogP contribution in [0.15, 0.2) is 48.7 Å². The monoisotopic (exact) mass is 371 g/mol. The van der Waals surface area contributed by atoms with Crippen molar-refractivity contribution in [1.29, 1.82) is 0 Å². The molecule has 0 amide bonds. The maximum absolute atomic E-state index is 13.9. The van der Waals surface area contributed by atoms with E-state index in [9.17, 15) is 23.5 Å². The molecule has 0 saturated heterocycles. The third-order valence-corrected chi connectivity index (χ3v) is 4.62. The first-order chi connectivity index (χ1) is 12.8. The van der Waals surface area contributed by atoms with E-state index >= 15 is 0 Å². The lowest BCUT2D eigenvalue weighted by atomic mass is 9.91. The molecule has 3 rings (SSSR count). The van der Waals surface area contributed by atoms with E-state index in [1.54, 1.807) is 12.3 Å². The Kier molecular flexibility index (Phi) is 5.08. The minimum Gasteiger partial charge on any atom is -0.481 e. The van der Waals surface area contributed by atoms with Gasteiger partial charge in [-0.25, -0.2) is 8.78 Å². The quantitative estimate of drug-likeness (QED) is 0.624. The number of hydrogen-bond donors (Lipinski definition) is 1. The molecule has 1 unspecified atom stereocenters. The first kappa shape index (κ1) is 18.8. The summed E-state index contributed by atoms with van der Waals surface area (Å²) in [5.41, 5.74) is 1.06. The Labute approximate surface area is 155 Å². The van der Waals surface area contributed by atoms with Gasteiger partial charge in [0.25, 0.3) is 0 Å². The van der Waals surface area contributed by atoms with Gasteiger partial charge in [-0.1, -0.05) is 18.2 Å². The maximum Gasteiger partial charge on any atom is 0.311 e. The van der Waals surface area contributed by atoms with Gasteiger partial charge >= 0.3 is 5.97 Å². The molecule has 1 atom stereocenters. The number of rotatable bonds is 6. The molecule has 0 fully saturated rings. The number of para-hydroxylation sites is 1. The van der Waals surface area contributed by atoms with Crippen molar-refractivity contribution in [3.05, 3.63) is 71.4 Å². The number of carboxylic acid groups (broad SMARTS) is 1.